The molecule has 0 heterocycles. The fourth-order valence-corrected chi connectivity index (χ4v) is 2.46. The van der Waals surface area contributed by atoms with Gasteiger partial charge in [0, 0.05) is 17.7 Å². The van der Waals surface area contributed by atoms with Crippen molar-refractivity contribution in [3.63, 3.8) is 0 Å². The average molecular weight is 389 g/mol. The van der Waals surface area contributed by atoms with E-state index in [1.165, 1.54) is 21.3 Å². The minimum Gasteiger partial charge on any atom is -0.494 e. The number of ether oxygens (including phenoxy) is 4. The summed E-state index contributed by atoms with van der Waals surface area (Å²) in [6.07, 6.45) is 0.484. The molecule has 0 aliphatic rings. The lowest BCUT2D eigenvalue weighted by molar-refractivity contribution is -0.137. The molecular weight excluding hydrogens is 366 g/mol. The molecule has 2 rings (SSSR count). The van der Waals surface area contributed by atoms with Crippen molar-refractivity contribution in [3.8, 4) is 23.0 Å². The molecule has 28 heavy (non-hydrogen) atoms. The molecule has 2 aromatic rings. The maximum Gasteiger partial charge on any atom is 0.303 e. The van der Waals surface area contributed by atoms with Crippen molar-refractivity contribution in [3.05, 3.63) is 42.0 Å². The number of benzene rings is 2. The SMILES string of the molecule is COc1cc(C(=O)Nc2ccc(OCCCC(=O)O)cc2)cc(OC)c1OC. The van der Waals surface area contributed by atoms with Crippen LogP contribution in [0.15, 0.2) is 36.4 Å². The maximum atomic E-state index is 12.6. The van der Waals surface area contributed by atoms with E-state index in [0.29, 0.717) is 47.3 Å². The summed E-state index contributed by atoms with van der Waals surface area (Å²) in [5.74, 6) is 0.583. The number of aliphatic carboxylic acids is 1. The average Bonchev–Trinajstić information content (AvgIpc) is 2.70. The fourth-order valence-electron chi connectivity index (χ4n) is 2.46. The van der Waals surface area contributed by atoms with Crippen LogP contribution in [0.25, 0.3) is 0 Å². The van der Waals surface area contributed by atoms with Crippen LogP contribution >= 0.6 is 0 Å². The highest BCUT2D eigenvalue weighted by atomic mass is 16.5. The Morgan fingerprint density at radius 3 is 2.07 bits per heavy atom. The van der Waals surface area contributed by atoms with Gasteiger partial charge in [0.25, 0.3) is 5.91 Å². The van der Waals surface area contributed by atoms with Crippen LogP contribution in [-0.4, -0.2) is 44.9 Å². The second kappa shape index (κ2) is 10.1. The van der Waals surface area contributed by atoms with Gasteiger partial charge < -0.3 is 29.4 Å². The minimum absolute atomic E-state index is 0.0585. The molecule has 0 bridgehead atoms. The van der Waals surface area contributed by atoms with Gasteiger partial charge in [0.2, 0.25) is 5.75 Å². The smallest absolute Gasteiger partial charge is 0.303 e. The topological polar surface area (TPSA) is 103 Å². The van der Waals surface area contributed by atoms with Gasteiger partial charge in [-0.3, -0.25) is 9.59 Å². The molecule has 0 aliphatic carbocycles. The van der Waals surface area contributed by atoms with Crippen LogP contribution in [0.1, 0.15) is 23.2 Å². The van der Waals surface area contributed by atoms with Gasteiger partial charge in [-0.05, 0) is 42.8 Å². The summed E-state index contributed by atoms with van der Waals surface area (Å²) in [6, 6.07) is 9.93. The van der Waals surface area contributed by atoms with E-state index in [9.17, 15) is 9.59 Å². The molecule has 8 heteroatoms. The van der Waals surface area contributed by atoms with Crippen LogP contribution in [0.5, 0.6) is 23.0 Å². The van der Waals surface area contributed by atoms with Crippen molar-refractivity contribution in [1.29, 1.82) is 0 Å². The summed E-state index contributed by atoms with van der Waals surface area (Å²) in [5, 5.41) is 11.4. The molecule has 0 unspecified atom stereocenters. The number of rotatable bonds is 10. The van der Waals surface area contributed by atoms with Crippen LogP contribution in [0.3, 0.4) is 0 Å². The summed E-state index contributed by atoms with van der Waals surface area (Å²) in [7, 11) is 4.45. The predicted molar refractivity (Wildman–Crippen MR) is 103 cm³/mol. The highest BCUT2D eigenvalue weighted by Gasteiger charge is 2.17. The molecular formula is C20H23NO7. The van der Waals surface area contributed by atoms with Crippen LogP contribution in [-0.2, 0) is 4.79 Å². The Labute approximate surface area is 163 Å². The third-order valence-electron chi connectivity index (χ3n) is 3.84. The molecule has 0 aliphatic heterocycles. The molecule has 150 valence electrons. The number of amides is 1. The van der Waals surface area contributed by atoms with Crippen LogP contribution in [0.2, 0.25) is 0 Å². The Morgan fingerprint density at radius 1 is 0.964 bits per heavy atom. The van der Waals surface area contributed by atoms with E-state index in [1.807, 2.05) is 0 Å². The van der Waals surface area contributed by atoms with Crippen molar-refractivity contribution in [2.24, 2.45) is 0 Å². The summed E-state index contributed by atoms with van der Waals surface area (Å²) < 4.78 is 21.2. The number of carbonyl (C=O) groups is 2. The van der Waals surface area contributed by atoms with Gasteiger partial charge in [0.1, 0.15) is 5.75 Å². The predicted octanol–water partition coefficient (Wildman–Crippen LogP) is 3.21. The summed E-state index contributed by atoms with van der Waals surface area (Å²) in [5.41, 5.74) is 0.931. The molecule has 0 fully saturated rings. The lowest BCUT2D eigenvalue weighted by Crippen LogP contribution is -2.12. The second-order valence-corrected chi connectivity index (χ2v) is 5.74. The Kier molecular flexibility index (Phi) is 7.50. The van der Waals surface area contributed by atoms with E-state index in [0.717, 1.165) is 0 Å². The molecule has 0 aromatic heterocycles. The first-order chi connectivity index (χ1) is 13.5. The number of methoxy groups -OCH3 is 3. The van der Waals surface area contributed by atoms with E-state index in [4.69, 9.17) is 24.1 Å². The quantitative estimate of drug-likeness (QED) is 0.601. The Morgan fingerprint density at radius 2 is 1.57 bits per heavy atom. The molecule has 0 spiro atoms. The number of nitrogens with one attached hydrogen (secondary N) is 1. The highest BCUT2D eigenvalue weighted by Crippen LogP contribution is 2.38. The number of carbonyl (C=O) groups excluding carboxylic acids is 1. The van der Waals surface area contributed by atoms with E-state index in [2.05, 4.69) is 5.32 Å². The molecule has 0 saturated carbocycles. The zero-order chi connectivity index (χ0) is 20.5. The molecule has 2 N–H and O–H groups in total. The van der Waals surface area contributed by atoms with E-state index in [-0.39, 0.29) is 12.3 Å². The maximum absolute atomic E-state index is 12.6. The monoisotopic (exact) mass is 389 g/mol. The van der Waals surface area contributed by atoms with Crippen molar-refractivity contribution >= 4 is 17.6 Å². The zero-order valence-corrected chi connectivity index (χ0v) is 16.0. The number of anilines is 1. The van der Waals surface area contributed by atoms with Crippen LogP contribution in [0, 0.1) is 0 Å². The van der Waals surface area contributed by atoms with Crippen molar-refractivity contribution in [1.82, 2.24) is 0 Å². The third-order valence-corrected chi connectivity index (χ3v) is 3.84. The number of carboxylic acid groups (broad SMARTS) is 1. The summed E-state index contributed by atoms with van der Waals surface area (Å²) >= 11 is 0. The van der Waals surface area contributed by atoms with Gasteiger partial charge in [0.05, 0.1) is 27.9 Å². The lowest BCUT2D eigenvalue weighted by Gasteiger charge is -2.14. The first-order valence-corrected chi connectivity index (χ1v) is 8.54. The molecule has 1 amide bonds. The largest absolute Gasteiger partial charge is 0.494 e. The van der Waals surface area contributed by atoms with Gasteiger partial charge in [-0.15, -0.1) is 0 Å². The van der Waals surface area contributed by atoms with Gasteiger partial charge in [-0.25, -0.2) is 0 Å². The van der Waals surface area contributed by atoms with Crippen LogP contribution < -0.4 is 24.3 Å². The standard InChI is InChI=1S/C20H23NO7/c1-25-16-11-13(12-17(26-2)19(16)27-3)20(24)21-14-6-8-15(9-7-14)28-10-4-5-18(22)23/h6-9,11-12H,4-5,10H2,1-3H3,(H,21,24)(H,22,23). The van der Waals surface area contributed by atoms with Gasteiger partial charge >= 0.3 is 5.97 Å². The molecule has 0 atom stereocenters. The van der Waals surface area contributed by atoms with E-state index >= 15 is 0 Å². The van der Waals surface area contributed by atoms with Crippen molar-refractivity contribution in [2.45, 2.75) is 12.8 Å². The molecule has 8 nitrogen and oxygen atoms in total. The van der Waals surface area contributed by atoms with E-state index in [1.54, 1.807) is 36.4 Å². The summed E-state index contributed by atoms with van der Waals surface area (Å²) in [4.78, 5) is 23.0. The first kappa shape index (κ1) is 20.9. The lowest BCUT2D eigenvalue weighted by atomic mass is 10.1. The molecule has 2 aromatic carbocycles. The first-order valence-electron chi connectivity index (χ1n) is 8.54. The van der Waals surface area contributed by atoms with Crippen LogP contribution in [0.4, 0.5) is 5.69 Å². The van der Waals surface area contributed by atoms with Gasteiger partial charge in [-0.1, -0.05) is 0 Å². The highest BCUT2D eigenvalue weighted by molar-refractivity contribution is 6.05. The Bertz CT molecular complexity index is 793. The second-order valence-electron chi connectivity index (χ2n) is 5.74. The summed E-state index contributed by atoms with van der Waals surface area (Å²) in [6.45, 7) is 0.309. The fraction of sp³-hybridized carbons (Fsp3) is 0.300. The third kappa shape index (κ3) is 5.54. The number of hydrogen-bond donors (Lipinski definition) is 2. The number of carboxylic acids is 1. The Hall–Kier alpha value is -3.42. The number of hydrogen-bond acceptors (Lipinski definition) is 6. The Balaban J connectivity index is 2.03. The molecule has 0 saturated heterocycles. The zero-order valence-electron chi connectivity index (χ0n) is 16.0. The normalized spacial score (nSPS) is 10.1. The van der Waals surface area contributed by atoms with E-state index < -0.39 is 5.97 Å². The van der Waals surface area contributed by atoms with Gasteiger partial charge in [-0.2, -0.15) is 0 Å². The van der Waals surface area contributed by atoms with Gasteiger partial charge in [0.15, 0.2) is 11.5 Å². The molecule has 0 radical (unpaired) electrons. The minimum atomic E-state index is -0.853. The van der Waals surface area contributed by atoms with Crippen molar-refractivity contribution < 1.29 is 33.6 Å². The van der Waals surface area contributed by atoms with Crippen molar-refractivity contribution in [2.75, 3.05) is 33.3 Å².